The van der Waals surface area contributed by atoms with E-state index in [0.717, 1.165) is 37.4 Å². The molecule has 0 radical (unpaired) electrons. The lowest BCUT2D eigenvalue weighted by Gasteiger charge is -2.25. The maximum absolute atomic E-state index is 12.9. The normalized spacial score (nSPS) is 17.8. The summed E-state index contributed by atoms with van der Waals surface area (Å²) in [7, 11) is 1.52. The van der Waals surface area contributed by atoms with Crippen LogP contribution in [0.2, 0.25) is 0 Å². The van der Waals surface area contributed by atoms with Crippen molar-refractivity contribution in [2.24, 2.45) is 5.92 Å². The van der Waals surface area contributed by atoms with Crippen molar-refractivity contribution in [3.63, 3.8) is 0 Å². The molecule has 0 unspecified atom stereocenters. The van der Waals surface area contributed by atoms with E-state index in [1.54, 1.807) is 36.4 Å². The largest absolute Gasteiger partial charge is 0.493 e. The van der Waals surface area contributed by atoms with Crippen molar-refractivity contribution in [1.82, 2.24) is 4.90 Å². The van der Waals surface area contributed by atoms with Crippen LogP contribution < -0.4 is 9.47 Å². The Morgan fingerprint density at radius 3 is 2.69 bits per heavy atom. The van der Waals surface area contributed by atoms with Gasteiger partial charge >= 0.3 is 5.97 Å². The summed E-state index contributed by atoms with van der Waals surface area (Å²) in [4.78, 5) is 38.4. The molecule has 0 spiro atoms. The van der Waals surface area contributed by atoms with Gasteiger partial charge in [-0.3, -0.25) is 14.5 Å². The van der Waals surface area contributed by atoms with Gasteiger partial charge < -0.3 is 14.6 Å². The van der Waals surface area contributed by atoms with Crippen LogP contribution in [0.1, 0.15) is 53.6 Å². The van der Waals surface area contributed by atoms with Gasteiger partial charge in [0.25, 0.3) is 11.1 Å². The monoisotopic (exact) mass is 559 g/mol. The summed E-state index contributed by atoms with van der Waals surface area (Å²) in [6, 6.07) is 10.1. The van der Waals surface area contributed by atoms with Crippen LogP contribution in [0.4, 0.5) is 4.79 Å². The number of imide groups is 1. The molecule has 2 aliphatic rings. The van der Waals surface area contributed by atoms with Crippen LogP contribution in [0.5, 0.6) is 11.5 Å². The van der Waals surface area contributed by atoms with Crippen LogP contribution in [-0.4, -0.2) is 40.8 Å². The molecule has 2 fully saturated rings. The summed E-state index contributed by atoms with van der Waals surface area (Å²) in [5.74, 6) is 0.0353. The van der Waals surface area contributed by atoms with Crippen LogP contribution in [0.3, 0.4) is 0 Å². The first-order valence-electron chi connectivity index (χ1n) is 11.4. The molecule has 1 saturated heterocycles. The number of hydrogen-bond acceptors (Lipinski definition) is 6. The molecule has 184 valence electrons. The number of carboxylic acid groups (broad SMARTS) is 1. The second kappa shape index (κ2) is 11.3. The number of benzene rings is 2. The second-order valence-corrected chi connectivity index (χ2v) is 10.5. The van der Waals surface area contributed by atoms with Gasteiger partial charge in [0, 0.05) is 6.54 Å². The average molecular weight is 560 g/mol. The van der Waals surface area contributed by atoms with Gasteiger partial charge in [0.1, 0.15) is 6.61 Å². The van der Waals surface area contributed by atoms with Crippen LogP contribution in [0.15, 0.2) is 45.8 Å². The van der Waals surface area contributed by atoms with Crippen molar-refractivity contribution in [2.45, 2.75) is 38.7 Å². The topological polar surface area (TPSA) is 93.1 Å². The van der Waals surface area contributed by atoms with Crippen LogP contribution in [-0.2, 0) is 11.4 Å². The molecule has 1 aliphatic heterocycles. The van der Waals surface area contributed by atoms with Gasteiger partial charge in [0.2, 0.25) is 0 Å². The predicted octanol–water partition coefficient (Wildman–Crippen LogP) is 6.35. The third-order valence-electron chi connectivity index (χ3n) is 6.15. The molecule has 0 bridgehead atoms. The van der Waals surface area contributed by atoms with E-state index in [1.165, 1.54) is 24.5 Å². The second-order valence-electron chi connectivity index (χ2n) is 8.62. The molecule has 2 aromatic rings. The molecule has 4 rings (SSSR count). The van der Waals surface area contributed by atoms with E-state index in [4.69, 9.17) is 9.47 Å². The maximum atomic E-state index is 12.9. The molecular weight excluding hydrogens is 534 g/mol. The van der Waals surface area contributed by atoms with E-state index in [2.05, 4.69) is 15.9 Å². The molecule has 2 aromatic carbocycles. The quantitative estimate of drug-likeness (QED) is 0.376. The maximum Gasteiger partial charge on any atom is 0.335 e. The Bertz CT molecular complexity index is 1170. The summed E-state index contributed by atoms with van der Waals surface area (Å²) >= 11 is 4.47. The number of amides is 2. The number of ether oxygens (including phenoxy) is 2. The molecule has 0 aromatic heterocycles. The summed E-state index contributed by atoms with van der Waals surface area (Å²) < 4.78 is 12.0. The van der Waals surface area contributed by atoms with Gasteiger partial charge in [0.15, 0.2) is 11.5 Å². The molecule has 35 heavy (non-hydrogen) atoms. The number of hydrogen-bond donors (Lipinski definition) is 1. The zero-order valence-electron chi connectivity index (χ0n) is 19.3. The lowest BCUT2D eigenvalue weighted by atomic mass is 9.89. The number of carbonyl (C=O) groups excluding carboxylic acids is 2. The zero-order valence-corrected chi connectivity index (χ0v) is 21.7. The number of rotatable bonds is 8. The minimum absolute atomic E-state index is 0.148. The van der Waals surface area contributed by atoms with E-state index >= 15 is 0 Å². The molecule has 1 saturated carbocycles. The summed E-state index contributed by atoms with van der Waals surface area (Å²) in [6.45, 7) is 0.639. The highest BCUT2D eigenvalue weighted by Gasteiger charge is 2.36. The number of thioether (sulfide) groups is 1. The number of carbonyl (C=O) groups is 3. The highest BCUT2D eigenvalue weighted by Crippen LogP contribution is 2.40. The molecule has 1 N–H and O–H groups in total. The molecule has 9 heteroatoms. The minimum atomic E-state index is -1.00. The highest BCUT2D eigenvalue weighted by molar-refractivity contribution is 9.10. The Balaban J connectivity index is 1.49. The van der Waals surface area contributed by atoms with E-state index in [1.807, 2.05) is 0 Å². The van der Waals surface area contributed by atoms with Crippen molar-refractivity contribution < 1.29 is 29.0 Å². The van der Waals surface area contributed by atoms with E-state index in [0.29, 0.717) is 44.5 Å². The first-order valence-corrected chi connectivity index (χ1v) is 13.0. The smallest absolute Gasteiger partial charge is 0.335 e. The SMILES string of the molecule is COc1cc(/C=C2/SC(=O)N(CC3CCCCC3)C2=O)cc(Br)c1OCc1cccc(C(=O)O)c1. The van der Waals surface area contributed by atoms with Crippen LogP contribution in [0.25, 0.3) is 6.08 Å². The standard InChI is InChI=1S/C26H26BrNO6S/c1-33-21-12-18(11-20(27)23(21)34-15-17-8-5-9-19(10-17)25(30)31)13-22-24(29)28(26(32)35-22)14-16-6-3-2-4-7-16/h5,8-13,16H,2-4,6-7,14-15H2,1H3,(H,30,31)/b22-13+. The van der Waals surface area contributed by atoms with Gasteiger partial charge in [-0.15, -0.1) is 0 Å². The predicted molar refractivity (Wildman–Crippen MR) is 138 cm³/mol. The van der Waals surface area contributed by atoms with Gasteiger partial charge in [0.05, 0.1) is 22.1 Å². The summed E-state index contributed by atoms with van der Waals surface area (Å²) in [5, 5.41) is 8.96. The zero-order chi connectivity index (χ0) is 24.9. The lowest BCUT2D eigenvalue weighted by molar-refractivity contribution is -0.123. The third kappa shape index (κ3) is 6.08. The van der Waals surface area contributed by atoms with E-state index in [9.17, 15) is 19.5 Å². The van der Waals surface area contributed by atoms with Crippen LogP contribution >= 0.6 is 27.7 Å². The molecule has 1 heterocycles. The van der Waals surface area contributed by atoms with E-state index < -0.39 is 5.97 Å². The van der Waals surface area contributed by atoms with Crippen molar-refractivity contribution in [2.75, 3.05) is 13.7 Å². The third-order valence-corrected chi connectivity index (χ3v) is 7.64. The minimum Gasteiger partial charge on any atom is -0.493 e. The number of halogens is 1. The Morgan fingerprint density at radius 2 is 1.97 bits per heavy atom. The van der Waals surface area contributed by atoms with Crippen molar-refractivity contribution in [1.29, 1.82) is 0 Å². The first kappa shape index (κ1) is 25.3. The Kier molecular flexibility index (Phi) is 8.18. The highest BCUT2D eigenvalue weighted by atomic mass is 79.9. The van der Waals surface area contributed by atoms with Gasteiger partial charge in [-0.25, -0.2) is 4.79 Å². The average Bonchev–Trinajstić information content (AvgIpc) is 3.11. The van der Waals surface area contributed by atoms with E-state index in [-0.39, 0.29) is 23.3 Å². The van der Waals surface area contributed by atoms with Crippen LogP contribution in [0, 0.1) is 5.92 Å². The summed E-state index contributed by atoms with van der Waals surface area (Å²) in [6.07, 6.45) is 7.36. The Hall–Kier alpha value is -2.78. The molecule has 1 aliphatic carbocycles. The molecule has 0 atom stereocenters. The lowest BCUT2D eigenvalue weighted by Crippen LogP contribution is -2.34. The number of methoxy groups -OCH3 is 1. The summed E-state index contributed by atoms with van der Waals surface area (Å²) in [5.41, 5.74) is 1.58. The number of aromatic carboxylic acids is 1. The molecule has 7 nitrogen and oxygen atoms in total. The molecular formula is C26H26BrNO6S. The number of carboxylic acids is 1. The van der Waals surface area contributed by atoms with Crippen molar-refractivity contribution in [3.8, 4) is 11.5 Å². The molecule has 2 amide bonds. The van der Waals surface area contributed by atoms with Crippen molar-refractivity contribution in [3.05, 3.63) is 62.5 Å². The van der Waals surface area contributed by atoms with Gasteiger partial charge in [-0.1, -0.05) is 31.4 Å². The fraction of sp³-hybridized carbons (Fsp3) is 0.346. The first-order chi connectivity index (χ1) is 16.9. The fourth-order valence-corrected chi connectivity index (χ4v) is 5.77. The Labute approximate surface area is 216 Å². The van der Waals surface area contributed by atoms with Gasteiger partial charge in [-0.2, -0.15) is 0 Å². The number of nitrogens with zero attached hydrogens (tertiary/aromatic N) is 1. The fourth-order valence-electron chi connectivity index (χ4n) is 4.35. The Morgan fingerprint density at radius 1 is 1.20 bits per heavy atom. The van der Waals surface area contributed by atoms with Gasteiger partial charge in [-0.05, 0) is 87.9 Å². The van der Waals surface area contributed by atoms with Crippen molar-refractivity contribution >= 4 is 50.9 Å².